The van der Waals surface area contributed by atoms with Crippen molar-refractivity contribution in [2.24, 2.45) is 5.41 Å². The lowest BCUT2D eigenvalue weighted by atomic mass is 9.93. The fourth-order valence-corrected chi connectivity index (χ4v) is 5.74. The summed E-state index contributed by atoms with van der Waals surface area (Å²) in [5, 5.41) is 14.8. The molecule has 16 heteroatoms. The lowest BCUT2D eigenvalue weighted by Crippen LogP contribution is -2.44. The minimum Gasteiger partial charge on any atom is -0.454 e. The average molecular weight is 813 g/mol. The number of hydrogen-bond donors (Lipinski definition) is 5. The number of rotatable bonds is 15. The van der Waals surface area contributed by atoms with Crippen molar-refractivity contribution in [1.29, 1.82) is 0 Å². The van der Waals surface area contributed by atoms with Crippen LogP contribution >= 0.6 is 11.6 Å². The van der Waals surface area contributed by atoms with Crippen molar-refractivity contribution in [1.82, 2.24) is 25.6 Å². The van der Waals surface area contributed by atoms with Crippen molar-refractivity contribution in [3.63, 3.8) is 0 Å². The van der Waals surface area contributed by atoms with E-state index in [1.165, 1.54) is 0 Å². The minimum absolute atomic E-state index is 0.00966. The van der Waals surface area contributed by atoms with Gasteiger partial charge >= 0.3 is 24.0 Å². The van der Waals surface area contributed by atoms with Crippen molar-refractivity contribution in [3.05, 3.63) is 130 Å². The maximum absolute atomic E-state index is 13.0. The SMILES string of the molecule is CC(C)(CNC(=O)C(=O)Nc1ccc(/C=C/c2ccccc2)cc1)CNC(=O)c1ccc(Nc2nc(NC3(c4ccc(Cl)cc4)CC3)nc(OCC(F)(F)F)n2)cc1. The first kappa shape index (κ1) is 41.2. The van der Waals surface area contributed by atoms with Crippen LogP contribution in [0.2, 0.25) is 5.02 Å². The number of nitrogens with one attached hydrogen (secondary N) is 5. The Morgan fingerprint density at radius 3 is 1.98 bits per heavy atom. The second-order valence-electron chi connectivity index (χ2n) is 14.4. The van der Waals surface area contributed by atoms with E-state index >= 15 is 0 Å². The van der Waals surface area contributed by atoms with Crippen LogP contribution in [0.3, 0.4) is 0 Å². The summed E-state index contributed by atoms with van der Waals surface area (Å²) in [7, 11) is 0. The van der Waals surface area contributed by atoms with Gasteiger partial charge in [-0.3, -0.25) is 14.4 Å². The number of aromatic nitrogens is 3. The van der Waals surface area contributed by atoms with E-state index in [2.05, 4.69) is 41.5 Å². The normalized spacial score (nSPS) is 13.3. The number of carbonyl (C=O) groups is 3. The number of anilines is 4. The average Bonchev–Trinajstić information content (AvgIpc) is 3.98. The topological polar surface area (TPSA) is 159 Å². The van der Waals surface area contributed by atoms with Gasteiger partial charge in [0.2, 0.25) is 11.9 Å². The molecule has 4 aromatic carbocycles. The van der Waals surface area contributed by atoms with Crippen molar-refractivity contribution in [3.8, 4) is 6.01 Å². The predicted molar refractivity (Wildman–Crippen MR) is 217 cm³/mol. The van der Waals surface area contributed by atoms with Gasteiger partial charge < -0.3 is 31.3 Å². The van der Waals surface area contributed by atoms with Crippen molar-refractivity contribution < 1.29 is 32.3 Å². The van der Waals surface area contributed by atoms with Crippen LogP contribution in [0.4, 0.5) is 36.4 Å². The number of carbonyl (C=O) groups excluding carboxylic acids is 3. The highest BCUT2D eigenvalue weighted by atomic mass is 35.5. The summed E-state index contributed by atoms with van der Waals surface area (Å²) in [5.74, 6) is -2.10. The van der Waals surface area contributed by atoms with Crippen LogP contribution < -0.4 is 31.3 Å². The third-order valence-electron chi connectivity index (χ3n) is 8.98. The van der Waals surface area contributed by atoms with Crippen LogP contribution in [0.5, 0.6) is 6.01 Å². The molecule has 5 aromatic rings. The molecule has 300 valence electrons. The molecule has 1 aliphatic rings. The number of ether oxygens (including phenoxy) is 1. The zero-order valence-electron chi connectivity index (χ0n) is 31.5. The van der Waals surface area contributed by atoms with E-state index in [-0.39, 0.29) is 25.0 Å². The number of hydrogen-bond acceptors (Lipinski definition) is 9. The molecular formula is C42H40ClF3N8O4. The second-order valence-corrected chi connectivity index (χ2v) is 14.9. The second kappa shape index (κ2) is 17.8. The van der Waals surface area contributed by atoms with Gasteiger partial charge in [-0.2, -0.15) is 28.1 Å². The molecule has 6 rings (SSSR count). The van der Waals surface area contributed by atoms with E-state index < -0.39 is 47.5 Å². The van der Waals surface area contributed by atoms with E-state index in [1.807, 2.05) is 80.6 Å². The van der Waals surface area contributed by atoms with E-state index in [1.54, 1.807) is 48.5 Å². The minimum atomic E-state index is -4.61. The van der Waals surface area contributed by atoms with Crippen LogP contribution in [0, 0.1) is 5.41 Å². The van der Waals surface area contributed by atoms with Crippen molar-refractivity contribution in [2.45, 2.75) is 38.4 Å². The lowest BCUT2D eigenvalue weighted by Gasteiger charge is -2.25. The molecule has 0 atom stereocenters. The molecule has 58 heavy (non-hydrogen) atoms. The number of benzene rings is 4. The third-order valence-corrected chi connectivity index (χ3v) is 9.23. The van der Waals surface area contributed by atoms with Crippen LogP contribution in [0.1, 0.15) is 53.7 Å². The molecule has 0 saturated heterocycles. The van der Waals surface area contributed by atoms with Gasteiger partial charge in [-0.15, -0.1) is 0 Å². The van der Waals surface area contributed by atoms with Crippen LogP contribution in [0.15, 0.2) is 103 Å². The van der Waals surface area contributed by atoms with Gasteiger partial charge in [-0.25, -0.2) is 0 Å². The Balaban J connectivity index is 0.992. The van der Waals surface area contributed by atoms with Crippen molar-refractivity contribution in [2.75, 3.05) is 35.6 Å². The summed E-state index contributed by atoms with van der Waals surface area (Å²) in [6.07, 6.45) is 0.782. The van der Waals surface area contributed by atoms with Gasteiger partial charge in [-0.05, 0) is 83.5 Å². The Bertz CT molecular complexity index is 2250. The standard InChI is InChI=1S/C42H40ClF3N8O4/c1-40(2,25-48-35(56)36(57)49-32-18-10-28(11-19-32)9-8-27-6-4-3-5-7-27)24-47-34(55)29-12-20-33(21-13-29)50-37-51-38(53-39(52-37)58-26-42(44,45)46)54-41(22-23-41)30-14-16-31(43)17-15-30/h3-21H,22-26H2,1-2H3,(H,47,55)(H,48,56)(H,49,57)(H2,50,51,52,53,54)/b9-8+. The molecule has 0 bridgehead atoms. The molecule has 1 heterocycles. The molecule has 5 N–H and O–H groups in total. The molecule has 0 radical (unpaired) electrons. The first-order valence-electron chi connectivity index (χ1n) is 18.2. The summed E-state index contributed by atoms with van der Waals surface area (Å²) in [6, 6.07) is 29.8. The molecule has 1 saturated carbocycles. The molecule has 1 fully saturated rings. The Morgan fingerprint density at radius 2 is 1.34 bits per heavy atom. The lowest BCUT2D eigenvalue weighted by molar-refractivity contribution is -0.154. The maximum Gasteiger partial charge on any atom is 0.422 e. The first-order valence-corrected chi connectivity index (χ1v) is 18.6. The zero-order valence-corrected chi connectivity index (χ0v) is 32.2. The van der Waals surface area contributed by atoms with Gasteiger partial charge in [0.1, 0.15) is 0 Å². The summed E-state index contributed by atoms with van der Waals surface area (Å²) >= 11 is 6.04. The zero-order chi connectivity index (χ0) is 41.3. The summed E-state index contributed by atoms with van der Waals surface area (Å²) in [6.45, 7) is 2.33. The van der Waals surface area contributed by atoms with E-state index in [0.717, 1.165) is 29.5 Å². The molecule has 12 nitrogen and oxygen atoms in total. The van der Waals surface area contributed by atoms with Crippen LogP contribution in [-0.2, 0) is 15.1 Å². The van der Waals surface area contributed by atoms with Crippen LogP contribution in [0.25, 0.3) is 12.2 Å². The molecule has 3 amide bonds. The van der Waals surface area contributed by atoms with E-state index in [4.69, 9.17) is 16.3 Å². The number of alkyl halides is 3. The first-order chi connectivity index (χ1) is 27.6. The molecular weight excluding hydrogens is 773 g/mol. The largest absolute Gasteiger partial charge is 0.454 e. The quantitative estimate of drug-likeness (QED) is 0.0522. The number of halogens is 4. The molecule has 0 aliphatic heterocycles. The Kier molecular flexibility index (Phi) is 12.6. The Hall–Kier alpha value is -6.48. The summed E-state index contributed by atoms with van der Waals surface area (Å²) in [4.78, 5) is 50.6. The maximum atomic E-state index is 13.0. The highest BCUT2D eigenvalue weighted by molar-refractivity contribution is 6.39. The predicted octanol–water partition coefficient (Wildman–Crippen LogP) is 7.99. The van der Waals surface area contributed by atoms with E-state index in [0.29, 0.717) is 22.0 Å². The monoisotopic (exact) mass is 812 g/mol. The Labute approximate surface area is 337 Å². The fourth-order valence-electron chi connectivity index (χ4n) is 5.61. The fraction of sp³-hybridized carbons (Fsp3) is 0.238. The van der Waals surface area contributed by atoms with E-state index in [9.17, 15) is 27.6 Å². The van der Waals surface area contributed by atoms with Crippen molar-refractivity contribution >= 4 is 64.7 Å². The van der Waals surface area contributed by atoms with Gasteiger partial charge in [0.25, 0.3) is 5.91 Å². The van der Waals surface area contributed by atoms with Gasteiger partial charge in [0.05, 0.1) is 5.54 Å². The highest BCUT2D eigenvalue weighted by Gasteiger charge is 2.45. The molecule has 0 unspecified atom stereocenters. The number of amides is 3. The van der Waals surface area contributed by atoms with Gasteiger partial charge in [0.15, 0.2) is 6.61 Å². The highest BCUT2D eigenvalue weighted by Crippen LogP contribution is 2.48. The molecule has 1 aliphatic carbocycles. The van der Waals surface area contributed by atoms with Gasteiger partial charge in [-0.1, -0.05) is 92.2 Å². The molecule has 1 aromatic heterocycles. The Morgan fingerprint density at radius 1 is 0.741 bits per heavy atom. The number of nitrogens with zero attached hydrogens (tertiary/aromatic N) is 3. The summed E-state index contributed by atoms with van der Waals surface area (Å²) in [5.41, 5.74) is 2.98. The third kappa shape index (κ3) is 12.0. The molecule has 0 spiro atoms. The smallest absolute Gasteiger partial charge is 0.422 e. The summed E-state index contributed by atoms with van der Waals surface area (Å²) < 4.78 is 43.8. The van der Waals surface area contributed by atoms with Crippen LogP contribution in [-0.4, -0.2) is 58.5 Å². The van der Waals surface area contributed by atoms with Gasteiger partial charge in [0, 0.05) is 35.1 Å².